The van der Waals surface area contributed by atoms with Crippen molar-refractivity contribution in [3.05, 3.63) is 40.5 Å². The highest BCUT2D eigenvalue weighted by molar-refractivity contribution is 9.10. The molecule has 0 atom stereocenters. The van der Waals surface area contributed by atoms with Gasteiger partial charge in [-0.05, 0) is 28.1 Å². The summed E-state index contributed by atoms with van der Waals surface area (Å²) in [5.74, 6) is 1.33. The van der Waals surface area contributed by atoms with Gasteiger partial charge in [0, 0.05) is 23.7 Å². The number of ether oxygens (including phenoxy) is 1. The van der Waals surface area contributed by atoms with Gasteiger partial charge in [0.25, 0.3) is 0 Å². The van der Waals surface area contributed by atoms with E-state index in [4.69, 9.17) is 4.74 Å². The molecule has 0 unspecified atom stereocenters. The number of methoxy groups -OCH3 is 1. The van der Waals surface area contributed by atoms with Crippen LogP contribution in [0.25, 0.3) is 0 Å². The normalized spacial score (nSPS) is 10.7. The summed E-state index contributed by atoms with van der Waals surface area (Å²) in [6, 6.07) is 6.40. The Balaban J connectivity index is 2.27. The molecule has 2 aromatic rings. The summed E-state index contributed by atoms with van der Waals surface area (Å²) in [5, 5.41) is 3.06. The summed E-state index contributed by atoms with van der Waals surface area (Å²) in [4.78, 5) is 8.69. The highest BCUT2D eigenvalue weighted by Crippen LogP contribution is 2.24. The van der Waals surface area contributed by atoms with E-state index in [1.807, 2.05) is 13.8 Å². The monoisotopic (exact) mass is 339 g/mol. The van der Waals surface area contributed by atoms with Gasteiger partial charge in [-0.3, -0.25) is 0 Å². The standard InChI is InChI=1S/C14H15BrFN3O/c1-8(2)14-18-12(15)7-13(19-14)17-9-4-5-11(20-3)10(16)6-9/h4-8H,1-3H3,(H,17,18,19). The molecule has 6 heteroatoms. The van der Waals surface area contributed by atoms with Crippen LogP contribution in [-0.4, -0.2) is 17.1 Å². The molecule has 0 saturated heterocycles. The molecular weight excluding hydrogens is 325 g/mol. The fourth-order valence-corrected chi connectivity index (χ4v) is 2.05. The molecule has 1 aromatic carbocycles. The molecule has 0 spiro atoms. The molecule has 1 heterocycles. The number of benzene rings is 1. The molecule has 0 aliphatic heterocycles. The first-order chi connectivity index (χ1) is 9.49. The molecule has 0 radical (unpaired) electrons. The predicted octanol–water partition coefficient (Wildman–Crippen LogP) is 4.25. The summed E-state index contributed by atoms with van der Waals surface area (Å²) in [7, 11) is 1.43. The molecule has 0 fully saturated rings. The maximum atomic E-state index is 13.6. The lowest BCUT2D eigenvalue weighted by molar-refractivity contribution is 0.386. The van der Waals surface area contributed by atoms with Crippen molar-refractivity contribution in [3.8, 4) is 5.75 Å². The van der Waals surface area contributed by atoms with E-state index in [2.05, 4.69) is 31.2 Å². The molecular formula is C14H15BrFN3O. The highest BCUT2D eigenvalue weighted by atomic mass is 79.9. The zero-order valence-corrected chi connectivity index (χ0v) is 13.0. The Hall–Kier alpha value is -1.69. The lowest BCUT2D eigenvalue weighted by Crippen LogP contribution is -2.02. The van der Waals surface area contributed by atoms with E-state index in [9.17, 15) is 4.39 Å². The fourth-order valence-electron chi connectivity index (χ4n) is 1.65. The van der Waals surface area contributed by atoms with Crippen molar-refractivity contribution >= 4 is 27.4 Å². The summed E-state index contributed by atoms with van der Waals surface area (Å²) < 4.78 is 19.2. The largest absolute Gasteiger partial charge is 0.494 e. The second-order valence-electron chi connectivity index (χ2n) is 4.56. The number of halogens is 2. The number of nitrogens with zero attached hydrogens (tertiary/aromatic N) is 2. The minimum Gasteiger partial charge on any atom is -0.494 e. The Morgan fingerprint density at radius 2 is 2.00 bits per heavy atom. The first kappa shape index (κ1) is 14.7. The first-order valence-corrected chi connectivity index (χ1v) is 6.94. The Morgan fingerprint density at radius 3 is 2.60 bits per heavy atom. The van der Waals surface area contributed by atoms with Crippen LogP contribution in [0.5, 0.6) is 5.75 Å². The number of rotatable bonds is 4. The average Bonchev–Trinajstić information content (AvgIpc) is 2.38. The number of hydrogen-bond donors (Lipinski definition) is 1. The summed E-state index contributed by atoms with van der Waals surface area (Å²) >= 11 is 3.35. The Morgan fingerprint density at radius 1 is 1.25 bits per heavy atom. The van der Waals surface area contributed by atoms with Crippen molar-refractivity contribution < 1.29 is 9.13 Å². The molecule has 0 amide bonds. The van der Waals surface area contributed by atoms with Crippen LogP contribution in [-0.2, 0) is 0 Å². The number of anilines is 2. The second-order valence-corrected chi connectivity index (χ2v) is 5.38. The lowest BCUT2D eigenvalue weighted by Gasteiger charge is -2.10. The molecule has 0 aliphatic carbocycles. The topological polar surface area (TPSA) is 47.0 Å². The van der Waals surface area contributed by atoms with Crippen molar-refractivity contribution in [1.82, 2.24) is 9.97 Å². The van der Waals surface area contributed by atoms with Crippen molar-refractivity contribution in [2.24, 2.45) is 0 Å². The molecule has 1 aromatic heterocycles. The second kappa shape index (κ2) is 6.17. The minimum absolute atomic E-state index is 0.209. The van der Waals surface area contributed by atoms with Gasteiger partial charge in [-0.15, -0.1) is 0 Å². The van der Waals surface area contributed by atoms with E-state index in [1.54, 1.807) is 18.2 Å². The van der Waals surface area contributed by atoms with Gasteiger partial charge in [0.05, 0.1) is 7.11 Å². The van der Waals surface area contributed by atoms with E-state index < -0.39 is 5.82 Å². The first-order valence-electron chi connectivity index (χ1n) is 6.14. The molecule has 4 nitrogen and oxygen atoms in total. The van der Waals surface area contributed by atoms with Gasteiger partial charge >= 0.3 is 0 Å². The van der Waals surface area contributed by atoms with Crippen LogP contribution >= 0.6 is 15.9 Å². The van der Waals surface area contributed by atoms with E-state index >= 15 is 0 Å². The van der Waals surface area contributed by atoms with E-state index in [0.717, 1.165) is 5.82 Å². The van der Waals surface area contributed by atoms with Crippen molar-refractivity contribution in [3.63, 3.8) is 0 Å². The zero-order chi connectivity index (χ0) is 14.7. The SMILES string of the molecule is COc1ccc(Nc2cc(Br)nc(C(C)C)n2)cc1F. The van der Waals surface area contributed by atoms with Gasteiger partial charge in [0.2, 0.25) is 0 Å². The predicted molar refractivity (Wildman–Crippen MR) is 80.1 cm³/mol. The van der Waals surface area contributed by atoms with Gasteiger partial charge in [-0.1, -0.05) is 13.8 Å². The Kier molecular flexibility index (Phi) is 4.54. The Labute approximate surface area is 125 Å². The van der Waals surface area contributed by atoms with Gasteiger partial charge in [0.15, 0.2) is 11.6 Å². The molecule has 1 N–H and O–H groups in total. The van der Waals surface area contributed by atoms with Gasteiger partial charge in [-0.25, -0.2) is 14.4 Å². The van der Waals surface area contributed by atoms with Gasteiger partial charge in [-0.2, -0.15) is 0 Å². The minimum atomic E-state index is -0.422. The molecule has 0 aliphatic rings. The molecule has 0 bridgehead atoms. The average molecular weight is 340 g/mol. The molecule has 20 heavy (non-hydrogen) atoms. The van der Waals surface area contributed by atoms with Crippen LogP contribution in [0.1, 0.15) is 25.6 Å². The lowest BCUT2D eigenvalue weighted by atomic mass is 10.2. The van der Waals surface area contributed by atoms with Crippen LogP contribution in [0, 0.1) is 5.82 Å². The van der Waals surface area contributed by atoms with E-state index in [0.29, 0.717) is 16.1 Å². The highest BCUT2D eigenvalue weighted by Gasteiger charge is 2.08. The van der Waals surface area contributed by atoms with Gasteiger partial charge in [0.1, 0.15) is 16.2 Å². The number of nitrogens with one attached hydrogen (secondary N) is 1. The molecule has 2 rings (SSSR count). The van der Waals surface area contributed by atoms with Crippen LogP contribution in [0.2, 0.25) is 0 Å². The molecule has 106 valence electrons. The van der Waals surface area contributed by atoms with Crippen LogP contribution in [0.4, 0.5) is 15.9 Å². The quantitative estimate of drug-likeness (QED) is 0.845. The molecule has 0 saturated carbocycles. The maximum absolute atomic E-state index is 13.6. The van der Waals surface area contributed by atoms with E-state index in [1.165, 1.54) is 13.2 Å². The third-order valence-electron chi connectivity index (χ3n) is 2.65. The van der Waals surface area contributed by atoms with Crippen LogP contribution < -0.4 is 10.1 Å². The number of hydrogen-bond acceptors (Lipinski definition) is 4. The summed E-state index contributed by atoms with van der Waals surface area (Å²) in [6.07, 6.45) is 0. The van der Waals surface area contributed by atoms with Crippen molar-refractivity contribution in [2.45, 2.75) is 19.8 Å². The van der Waals surface area contributed by atoms with E-state index in [-0.39, 0.29) is 11.7 Å². The van der Waals surface area contributed by atoms with Crippen LogP contribution in [0.15, 0.2) is 28.9 Å². The summed E-state index contributed by atoms with van der Waals surface area (Å²) in [6.45, 7) is 4.03. The van der Waals surface area contributed by atoms with Gasteiger partial charge < -0.3 is 10.1 Å². The zero-order valence-electron chi connectivity index (χ0n) is 11.4. The summed E-state index contributed by atoms with van der Waals surface area (Å²) in [5.41, 5.74) is 0.601. The third kappa shape index (κ3) is 3.45. The van der Waals surface area contributed by atoms with Crippen LogP contribution in [0.3, 0.4) is 0 Å². The third-order valence-corrected chi connectivity index (χ3v) is 3.06. The smallest absolute Gasteiger partial charge is 0.167 e. The Bertz CT molecular complexity index is 619. The maximum Gasteiger partial charge on any atom is 0.167 e. The fraction of sp³-hybridized carbons (Fsp3) is 0.286. The number of aromatic nitrogens is 2. The van der Waals surface area contributed by atoms with Crippen molar-refractivity contribution in [2.75, 3.05) is 12.4 Å². The van der Waals surface area contributed by atoms with Crippen molar-refractivity contribution in [1.29, 1.82) is 0 Å².